The van der Waals surface area contributed by atoms with Gasteiger partial charge < -0.3 is 22.0 Å². The lowest BCUT2D eigenvalue weighted by atomic mass is 9.81. The molecule has 0 saturated carbocycles. The molecule has 194 valence electrons. The Kier molecular flexibility index (Phi) is 7.86. The molecule has 0 saturated heterocycles. The van der Waals surface area contributed by atoms with Crippen LogP contribution in [0.2, 0.25) is 0 Å². The molecule has 0 spiro atoms. The molecule has 2 heterocycles. The Bertz CT molecular complexity index is 1440. The van der Waals surface area contributed by atoms with Crippen LogP contribution in [-0.2, 0) is 10.2 Å². The molecule has 2 aliphatic rings. The van der Waals surface area contributed by atoms with Gasteiger partial charge in [0.15, 0.2) is 5.71 Å². The normalized spacial score (nSPS) is 17.4. The lowest BCUT2D eigenvalue weighted by Crippen LogP contribution is -2.26. The van der Waals surface area contributed by atoms with Gasteiger partial charge in [0.05, 0.1) is 5.41 Å². The van der Waals surface area contributed by atoms with Gasteiger partial charge in [-0.15, -0.1) is 0 Å². The predicted molar refractivity (Wildman–Crippen MR) is 148 cm³/mol. The number of hydrogen-bond donors (Lipinski definition) is 0. The van der Waals surface area contributed by atoms with Crippen molar-refractivity contribution in [2.75, 3.05) is 7.05 Å². The molecule has 3 aromatic rings. The van der Waals surface area contributed by atoms with Gasteiger partial charge in [-0.25, -0.2) is 0 Å². The Labute approximate surface area is 220 Å². The maximum Gasteiger partial charge on any atom is 0.673 e. The number of nitrogens with zero attached hydrogens (tertiary/aromatic N) is 1. The van der Waals surface area contributed by atoms with Crippen LogP contribution in [0.3, 0.4) is 0 Å². The van der Waals surface area contributed by atoms with Crippen molar-refractivity contribution in [2.45, 2.75) is 19.3 Å². The van der Waals surface area contributed by atoms with Crippen LogP contribution in [0.15, 0.2) is 121 Å². The summed E-state index contributed by atoms with van der Waals surface area (Å²) in [4.78, 5) is 0. The highest BCUT2D eigenvalue weighted by atomic mass is 19.5. The lowest BCUT2D eigenvalue weighted by Gasteiger charge is -2.18. The van der Waals surface area contributed by atoms with Crippen molar-refractivity contribution >= 4 is 30.0 Å². The molecule has 0 amide bonds. The summed E-state index contributed by atoms with van der Waals surface area (Å²) >= 11 is 0. The molecule has 2 aliphatic heterocycles. The number of ether oxygens (including phenoxy) is 1. The minimum absolute atomic E-state index is 0.0477. The fourth-order valence-electron chi connectivity index (χ4n) is 4.68. The van der Waals surface area contributed by atoms with Crippen molar-refractivity contribution in [3.8, 4) is 0 Å². The molecule has 5 rings (SSSR count). The second-order valence-corrected chi connectivity index (χ2v) is 9.45. The van der Waals surface area contributed by atoms with Crippen molar-refractivity contribution in [3.05, 3.63) is 138 Å². The van der Waals surface area contributed by atoms with E-state index in [0.717, 1.165) is 22.7 Å². The van der Waals surface area contributed by atoms with Crippen LogP contribution in [0.5, 0.6) is 0 Å². The third kappa shape index (κ3) is 6.41. The van der Waals surface area contributed by atoms with Crippen LogP contribution in [-0.4, -0.2) is 24.6 Å². The molecule has 2 nitrogen and oxygen atoms in total. The summed E-state index contributed by atoms with van der Waals surface area (Å²) in [7, 11) is -3.86. The number of halogens is 4. The summed E-state index contributed by atoms with van der Waals surface area (Å²) < 4.78 is 47.6. The van der Waals surface area contributed by atoms with E-state index in [-0.39, 0.29) is 5.41 Å². The summed E-state index contributed by atoms with van der Waals surface area (Å²) in [6, 6.07) is 29.3. The molecule has 0 aliphatic carbocycles. The molecular weight excluding hydrogens is 489 g/mol. The third-order valence-electron chi connectivity index (χ3n) is 6.43. The third-order valence-corrected chi connectivity index (χ3v) is 6.43. The molecule has 0 bridgehead atoms. The smallest absolute Gasteiger partial charge is 0.457 e. The fourth-order valence-corrected chi connectivity index (χ4v) is 4.68. The average molecular weight is 517 g/mol. The topological polar surface area (TPSA) is 12.2 Å². The van der Waals surface area contributed by atoms with E-state index in [0.29, 0.717) is 0 Å². The van der Waals surface area contributed by atoms with Crippen LogP contribution >= 0.6 is 0 Å². The first-order chi connectivity index (χ1) is 18.0. The average Bonchev–Trinajstić information content (AvgIpc) is 3.09. The highest BCUT2D eigenvalue weighted by Gasteiger charge is 2.42. The maximum absolute atomic E-state index is 9.75. The first-order valence-corrected chi connectivity index (χ1v) is 12.2. The quantitative estimate of drug-likeness (QED) is 0.192. The fraction of sp³-hybridized carbons (Fsp3) is 0.129. The van der Waals surface area contributed by atoms with Gasteiger partial charge in [0, 0.05) is 23.3 Å². The van der Waals surface area contributed by atoms with E-state index in [9.17, 15) is 17.3 Å². The predicted octanol–water partition coefficient (Wildman–Crippen LogP) is 8.59. The molecule has 0 radical (unpaired) electrons. The number of fused-ring (bicyclic) bond motifs is 1. The van der Waals surface area contributed by atoms with Crippen molar-refractivity contribution in [1.29, 1.82) is 0 Å². The SMILES string of the molecule is C[N+]1=C(C=CC=C2C=C(c3ccccc3)C=C(c3ccccc3)O2)C(C)(C)c2ccccc21.F[B-](F)(F)F. The van der Waals surface area contributed by atoms with Crippen LogP contribution in [0.1, 0.15) is 30.5 Å². The zero-order chi connectivity index (χ0) is 27.3. The molecule has 3 aromatic carbocycles. The second kappa shape index (κ2) is 11.1. The van der Waals surface area contributed by atoms with E-state index in [1.54, 1.807) is 0 Å². The van der Waals surface area contributed by atoms with Gasteiger partial charge in [0.25, 0.3) is 0 Å². The molecule has 0 aromatic heterocycles. The summed E-state index contributed by atoms with van der Waals surface area (Å²) in [5.74, 6) is 1.68. The van der Waals surface area contributed by atoms with Crippen LogP contribution < -0.4 is 0 Å². The van der Waals surface area contributed by atoms with E-state index in [1.807, 2.05) is 24.3 Å². The first-order valence-electron chi connectivity index (χ1n) is 12.2. The van der Waals surface area contributed by atoms with E-state index >= 15 is 0 Å². The zero-order valence-corrected chi connectivity index (χ0v) is 21.4. The summed E-state index contributed by atoms with van der Waals surface area (Å²) in [6.07, 6.45) is 10.6. The molecule has 7 heteroatoms. The zero-order valence-electron chi connectivity index (χ0n) is 21.4. The van der Waals surface area contributed by atoms with Gasteiger partial charge in [-0.3, -0.25) is 0 Å². The highest BCUT2D eigenvalue weighted by molar-refractivity contribution is 6.50. The number of benzene rings is 3. The van der Waals surface area contributed by atoms with Crippen LogP contribution in [0, 0.1) is 0 Å². The molecule has 38 heavy (non-hydrogen) atoms. The van der Waals surface area contributed by atoms with E-state index < -0.39 is 7.25 Å². The summed E-state index contributed by atoms with van der Waals surface area (Å²) in [5, 5.41) is 0. The Balaban J connectivity index is 0.000000617. The van der Waals surface area contributed by atoms with Gasteiger partial charge in [-0.2, -0.15) is 4.58 Å². The van der Waals surface area contributed by atoms with Gasteiger partial charge in [-0.05, 0) is 43.2 Å². The Hall–Kier alpha value is -4.13. The van der Waals surface area contributed by atoms with E-state index in [2.05, 4.69) is 117 Å². The molecule has 0 unspecified atom stereocenters. The molecule has 0 N–H and O–H groups in total. The van der Waals surface area contributed by atoms with Crippen molar-refractivity contribution in [3.63, 3.8) is 0 Å². The number of rotatable bonds is 4. The minimum atomic E-state index is -6.00. The minimum Gasteiger partial charge on any atom is -0.457 e. The van der Waals surface area contributed by atoms with Crippen LogP contribution in [0.4, 0.5) is 23.0 Å². The summed E-state index contributed by atoms with van der Waals surface area (Å²) in [5.41, 5.74) is 7.22. The Morgan fingerprint density at radius 1 is 0.763 bits per heavy atom. The number of allylic oxidation sites excluding steroid dienone is 6. The summed E-state index contributed by atoms with van der Waals surface area (Å²) in [6.45, 7) is 4.56. The van der Waals surface area contributed by atoms with Crippen molar-refractivity contribution in [2.24, 2.45) is 0 Å². The second-order valence-electron chi connectivity index (χ2n) is 9.45. The Morgan fingerprint density at radius 3 is 1.92 bits per heavy atom. The standard InChI is InChI=1S/C31H28NO.BF4/c1-31(2)27-18-10-11-19-28(27)32(3)30(31)20-12-17-26-21-25(23-13-6-4-7-14-23)22-29(33-26)24-15-8-5-9-16-24;2-1(3,4)5/h4-22H,1-3H3;/q+1;-1. The Morgan fingerprint density at radius 2 is 1.32 bits per heavy atom. The highest BCUT2D eigenvalue weighted by Crippen LogP contribution is 2.39. The largest absolute Gasteiger partial charge is 0.673 e. The van der Waals surface area contributed by atoms with Gasteiger partial charge in [-0.1, -0.05) is 84.9 Å². The molecule has 0 atom stereocenters. The monoisotopic (exact) mass is 517 g/mol. The van der Waals surface area contributed by atoms with E-state index in [1.165, 1.54) is 22.5 Å². The molecule has 0 fully saturated rings. The first kappa shape index (κ1) is 26.9. The van der Waals surface area contributed by atoms with Crippen molar-refractivity contribution in [1.82, 2.24) is 0 Å². The van der Waals surface area contributed by atoms with Gasteiger partial charge in [0.2, 0.25) is 5.69 Å². The van der Waals surface area contributed by atoms with E-state index in [4.69, 9.17) is 4.74 Å². The van der Waals surface area contributed by atoms with Gasteiger partial charge in [0.1, 0.15) is 18.6 Å². The maximum atomic E-state index is 9.75. The molecular formula is C31H28BF4NO. The lowest BCUT2D eigenvalue weighted by molar-refractivity contribution is -0.401. The number of hydrogen-bond acceptors (Lipinski definition) is 1. The van der Waals surface area contributed by atoms with Crippen LogP contribution in [0.25, 0.3) is 11.3 Å². The number of para-hydroxylation sites is 1. The van der Waals surface area contributed by atoms with Gasteiger partial charge >= 0.3 is 7.25 Å². The van der Waals surface area contributed by atoms with Crippen molar-refractivity contribution < 1.29 is 26.6 Å².